The lowest BCUT2D eigenvalue weighted by atomic mass is 9.98. The highest BCUT2D eigenvalue weighted by Gasteiger charge is 2.24. The average Bonchev–Trinajstić information content (AvgIpc) is 3.07. The summed E-state index contributed by atoms with van der Waals surface area (Å²) < 4.78 is 1.30. The first-order chi connectivity index (χ1) is 13.3. The number of carbonyl (C=O) groups excluding carboxylic acids is 2. The van der Waals surface area contributed by atoms with Gasteiger partial charge < -0.3 is 16.0 Å². The van der Waals surface area contributed by atoms with E-state index >= 15 is 0 Å². The number of non-ortho nitro benzene ring substituents is 1. The zero-order valence-corrected chi connectivity index (χ0v) is 15.5. The number of piperidine rings is 1. The number of benzene rings is 1. The van der Waals surface area contributed by atoms with Gasteiger partial charge in [0.05, 0.1) is 28.1 Å². The molecule has 2 heterocycles. The van der Waals surface area contributed by atoms with Crippen molar-refractivity contribution in [1.82, 2.24) is 9.78 Å². The summed E-state index contributed by atoms with van der Waals surface area (Å²) in [6, 6.07) is 4.32. The Kier molecular flexibility index (Phi) is 5.57. The first-order valence-electron chi connectivity index (χ1n) is 8.99. The van der Waals surface area contributed by atoms with Crippen molar-refractivity contribution in [2.24, 2.45) is 11.7 Å². The summed E-state index contributed by atoms with van der Waals surface area (Å²) in [6.07, 6.45) is 4.86. The molecule has 1 aliphatic rings. The molecule has 0 radical (unpaired) electrons. The van der Waals surface area contributed by atoms with E-state index < -0.39 is 16.7 Å². The molecule has 0 spiro atoms. The van der Waals surface area contributed by atoms with Crippen molar-refractivity contribution in [3.05, 3.63) is 46.3 Å². The smallest absolute Gasteiger partial charge is 0.270 e. The Labute approximate surface area is 161 Å². The number of nitro benzene ring substituents is 1. The summed E-state index contributed by atoms with van der Waals surface area (Å²) in [4.78, 5) is 36.6. The summed E-state index contributed by atoms with van der Waals surface area (Å²) in [5.74, 6) is -0.417. The molecule has 0 unspecified atom stereocenters. The minimum Gasteiger partial charge on any atom is -0.371 e. The zero-order chi connectivity index (χ0) is 20.3. The standard InChI is InChI=1S/C18H22N6O4/c1-12-4-6-22(7-5-12)16-3-2-14(24(27)28)8-15(16)18(26)21-13-9-20-23(10-13)11-17(19)25/h2-3,8-10,12H,4-7,11H2,1H3,(H2,19,25)(H,21,26). The lowest BCUT2D eigenvalue weighted by molar-refractivity contribution is -0.384. The number of rotatable bonds is 6. The van der Waals surface area contributed by atoms with Crippen LogP contribution in [0.15, 0.2) is 30.6 Å². The van der Waals surface area contributed by atoms with Gasteiger partial charge in [-0.15, -0.1) is 0 Å². The number of carbonyl (C=O) groups is 2. The van der Waals surface area contributed by atoms with Gasteiger partial charge in [0.15, 0.2) is 0 Å². The van der Waals surface area contributed by atoms with Gasteiger partial charge in [-0.1, -0.05) is 6.92 Å². The average molecular weight is 386 g/mol. The van der Waals surface area contributed by atoms with Crippen molar-refractivity contribution in [2.75, 3.05) is 23.3 Å². The highest BCUT2D eigenvalue weighted by Crippen LogP contribution is 2.30. The third-order valence-corrected chi connectivity index (χ3v) is 4.77. The third-order valence-electron chi connectivity index (χ3n) is 4.77. The van der Waals surface area contributed by atoms with Gasteiger partial charge in [0.2, 0.25) is 5.91 Å². The van der Waals surface area contributed by atoms with Crippen LogP contribution in [0, 0.1) is 16.0 Å². The number of hydrogen-bond donors (Lipinski definition) is 2. The van der Waals surface area contributed by atoms with Crippen molar-refractivity contribution < 1.29 is 14.5 Å². The molecule has 1 aliphatic heterocycles. The number of aromatic nitrogens is 2. The van der Waals surface area contributed by atoms with Crippen LogP contribution in [0.3, 0.4) is 0 Å². The Morgan fingerprint density at radius 2 is 2.07 bits per heavy atom. The fourth-order valence-corrected chi connectivity index (χ4v) is 3.22. The summed E-state index contributed by atoms with van der Waals surface area (Å²) in [5, 5.41) is 17.8. The molecule has 28 heavy (non-hydrogen) atoms. The molecule has 1 saturated heterocycles. The number of nitrogens with zero attached hydrogens (tertiary/aromatic N) is 4. The van der Waals surface area contributed by atoms with Crippen LogP contribution in [0.1, 0.15) is 30.1 Å². The second-order valence-electron chi connectivity index (χ2n) is 6.98. The molecule has 3 rings (SSSR count). The molecular weight excluding hydrogens is 364 g/mol. The quantitative estimate of drug-likeness (QED) is 0.573. The van der Waals surface area contributed by atoms with Crippen LogP contribution in [-0.4, -0.2) is 39.6 Å². The van der Waals surface area contributed by atoms with Crippen LogP contribution in [0.5, 0.6) is 0 Å². The van der Waals surface area contributed by atoms with Crippen molar-refractivity contribution in [2.45, 2.75) is 26.3 Å². The summed E-state index contributed by atoms with van der Waals surface area (Å²) >= 11 is 0. The summed E-state index contributed by atoms with van der Waals surface area (Å²) in [7, 11) is 0. The zero-order valence-electron chi connectivity index (χ0n) is 15.5. The minimum atomic E-state index is -0.554. The molecule has 10 heteroatoms. The van der Waals surface area contributed by atoms with Gasteiger partial charge in [0, 0.05) is 31.4 Å². The van der Waals surface area contributed by atoms with Gasteiger partial charge >= 0.3 is 0 Å². The van der Waals surface area contributed by atoms with Crippen LogP contribution < -0.4 is 16.0 Å². The van der Waals surface area contributed by atoms with Gasteiger partial charge in [-0.2, -0.15) is 5.10 Å². The number of nitrogens with one attached hydrogen (secondary N) is 1. The molecule has 0 saturated carbocycles. The number of hydrogen-bond acceptors (Lipinski definition) is 6. The second kappa shape index (κ2) is 8.07. The topological polar surface area (TPSA) is 136 Å². The lowest BCUT2D eigenvalue weighted by Crippen LogP contribution is -2.34. The Bertz CT molecular complexity index is 901. The second-order valence-corrected chi connectivity index (χ2v) is 6.98. The molecule has 2 aromatic rings. The Hall–Kier alpha value is -3.43. The monoisotopic (exact) mass is 386 g/mol. The van der Waals surface area contributed by atoms with Crippen LogP contribution >= 0.6 is 0 Å². The maximum atomic E-state index is 12.9. The number of primary amides is 1. The molecule has 3 N–H and O–H groups in total. The van der Waals surface area contributed by atoms with Gasteiger partial charge in [0.25, 0.3) is 11.6 Å². The molecule has 2 amide bonds. The van der Waals surface area contributed by atoms with Crippen molar-refractivity contribution in [3.63, 3.8) is 0 Å². The molecule has 0 aliphatic carbocycles. The summed E-state index contributed by atoms with van der Waals surface area (Å²) in [6.45, 7) is 3.65. The van der Waals surface area contributed by atoms with Crippen LogP contribution in [0.25, 0.3) is 0 Å². The number of amides is 2. The maximum absolute atomic E-state index is 12.9. The van der Waals surface area contributed by atoms with Gasteiger partial charge in [-0.25, -0.2) is 0 Å². The Balaban J connectivity index is 1.86. The minimum absolute atomic E-state index is 0.107. The molecule has 0 bridgehead atoms. The summed E-state index contributed by atoms with van der Waals surface area (Å²) in [5.41, 5.74) is 6.24. The molecule has 1 fully saturated rings. The molecule has 10 nitrogen and oxygen atoms in total. The molecule has 1 aromatic carbocycles. The van der Waals surface area contributed by atoms with Crippen molar-refractivity contribution >= 4 is 28.9 Å². The highest BCUT2D eigenvalue weighted by molar-refractivity contribution is 6.08. The fourth-order valence-electron chi connectivity index (χ4n) is 3.22. The van der Waals surface area contributed by atoms with Crippen LogP contribution in [0.4, 0.5) is 17.1 Å². The third kappa shape index (κ3) is 4.45. The fraction of sp³-hybridized carbons (Fsp3) is 0.389. The SMILES string of the molecule is CC1CCN(c2ccc([N+](=O)[O-])cc2C(=O)Nc2cnn(CC(N)=O)c2)CC1. The van der Waals surface area contributed by atoms with E-state index in [1.54, 1.807) is 6.07 Å². The first-order valence-corrected chi connectivity index (χ1v) is 8.99. The normalized spacial score (nSPS) is 14.7. The van der Waals surface area contributed by atoms with E-state index in [1.807, 2.05) is 0 Å². The highest BCUT2D eigenvalue weighted by atomic mass is 16.6. The van der Waals surface area contributed by atoms with E-state index in [2.05, 4.69) is 22.2 Å². The molecule has 1 aromatic heterocycles. The van der Waals surface area contributed by atoms with Crippen LogP contribution in [0.2, 0.25) is 0 Å². The van der Waals surface area contributed by atoms with E-state index in [0.717, 1.165) is 25.9 Å². The molecule has 148 valence electrons. The van der Waals surface area contributed by atoms with E-state index in [1.165, 1.54) is 29.2 Å². The van der Waals surface area contributed by atoms with E-state index in [4.69, 9.17) is 5.73 Å². The lowest BCUT2D eigenvalue weighted by Gasteiger charge is -2.33. The Morgan fingerprint density at radius 3 is 2.71 bits per heavy atom. The Morgan fingerprint density at radius 1 is 1.36 bits per heavy atom. The number of anilines is 2. The predicted molar refractivity (Wildman–Crippen MR) is 103 cm³/mol. The van der Waals surface area contributed by atoms with Crippen molar-refractivity contribution in [3.8, 4) is 0 Å². The van der Waals surface area contributed by atoms with Gasteiger partial charge in [-0.3, -0.25) is 24.4 Å². The van der Waals surface area contributed by atoms with Crippen molar-refractivity contribution in [1.29, 1.82) is 0 Å². The maximum Gasteiger partial charge on any atom is 0.270 e. The van der Waals surface area contributed by atoms with Gasteiger partial charge in [-0.05, 0) is 24.8 Å². The number of nitrogens with two attached hydrogens (primary N) is 1. The van der Waals surface area contributed by atoms with E-state index in [9.17, 15) is 19.7 Å². The largest absolute Gasteiger partial charge is 0.371 e. The van der Waals surface area contributed by atoms with Crippen LogP contribution in [-0.2, 0) is 11.3 Å². The molecular formula is C18H22N6O4. The predicted octanol–water partition coefficient (Wildman–Crippen LogP) is 1.77. The van der Waals surface area contributed by atoms with E-state index in [-0.39, 0.29) is 17.8 Å². The van der Waals surface area contributed by atoms with E-state index in [0.29, 0.717) is 17.3 Å². The molecule has 0 atom stereocenters. The first kappa shape index (κ1) is 19.3. The number of nitro groups is 1. The van der Waals surface area contributed by atoms with Gasteiger partial charge in [0.1, 0.15) is 6.54 Å².